The molecule has 126 valence electrons. The molecule has 1 aromatic heterocycles. The molecular formula is C17H16BrNO5. The molecular weight excluding hydrogens is 378 g/mol. The Morgan fingerprint density at radius 3 is 2.50 bits per heavy atom. The fraction of sp³-hybridized carbons (Fsp3) is 0.235. The number of H-pyrrole nitrogens is 1. The van der Waals surface area contributed by atoms with Gasteiger partial charge in [0.05, 0.1) is 12.7 Å². The minimum absolute atomic E-state index is 0.134. The molecule has 0 amide bonds. The maximum absolute atomic E-state index is 12.2. The van der Waals surface area contributed by atoms with Crippen LogP contribution < -0.4 is 0 Å². The maximum atomic E-state index is 12.2. The van der Waals surface area contributed by atoms with Gasteiger partial charge in [0.25, 0.3) is 0 Å². The van der Waals surface area contributed by atoms with Crippen LogP contribution in [0.4, 0.5) is 0 Å². The number of benzene rings is 1. The summed E-state index contributed by atoms with van der Waals surface area (Å²) in [4.78, 5) is 38.8. The molecule has 0 fully saturated rings. The number of hydrogen-bond donors (Lipinski definition) is 1. The lowest BCUT2D eigenvalue weighted by Gasteiger charge is -2.05. The number of hydrogen-bond acceptors (Lipinski definition) is 5. The van der Waals surface area contributed by atoms with E-state index >= 15 is 0 Å². The fourth-order valence-electron chi connectivity index (χ4n) is 2.31. The van der Waals surface area contributed by atoms with Crippen molar-refractivity contribution < 1.29 is 23.9 Å². The van der Waals surface area contributed by atoms with Crippen LogP contribution in [0.1, 0.15) is 42.5 Å². The van der Waals surface area contributed by atoms with Crippen molar-refractivity contribution in [3.63, 3.8) is 0 Å². The van der Waals surface area contributed by atoms with E-state index in [1.165, 1.54) is 7.11 Å². The number of Topliss-reactive ketones (excluding diaryl/α,β-unsaturated/α-hetero) is 1. The van der Waals surface area contributed by atoms with Crippen LogP contribution in [0, 0.1) is 13.8 Å². The van der Waals surface area contributed by atoms with Crippen molar-refractivity contribution >= 4 is 33.7 Å². The zero-order valence-electron chi connectivity index (χ0n) is 13.4. The van der Waals surface area contributed by atoms with Gasteiger partial charge < -0.3 is 14.5 Å². The van der Waals surface area contributed by atoms with Crippen LogP contribution in [0.3, 0.4) is 0 Å². The molecule has 2 rings (SSSR count). The number of aromatic amines is 1. The molecule has 1 N–H and O–H groups in total. The summed E-state index contributed by atoms with van der Waals surface area (Å²) in [5, 5.41) is 0. The van der Waals surface area contributed by atoms with Gasteiger partial charge in [-0.25, -0.2) is 9.59 Å². The molecule has 0 aliphatic heterocycles. The molecule has 0 saturated carbocycles. The Morgan fingerprint density at radius 2 is 1.88 bits per heavy atom. The van der Waals surface area contributed by atoms with E-state index in [9.17, 15) is 14.4 Å². The van der Waals surface area contributed by atoms with Gasteiger partial charge in [-0.2, -0.15) is 0 Å². The van der Waals surface area contributed by atoms with E-state index in [1.54, 1.807) is 38.1 Å². The lowest BCUT2D eigenvalue weighted by Crippen LogP contribution is -2.15. The van der Waals surface area contributed by atoms with E-state index in [0.717, 1.165) is 4.47 Å². The largest absolute Gasteiger partial charge is 0.465 e. The SMILES string of the molecule is COC(=O)c1c(C)[nH]c(C(=O)OCC(=O)c2cccc(Br)c2)c1C. The van der Waals surface area contributed by atoms with Gasteiger partial charge in [-0.1, -0.05) is 28.1 Å². The third-order valence-corrected chi connectivity index (χ3v) is 4.01. The van der Waals surface area contributed by atoms with Gasteiger partial charge >= 0.3 is 11.9 Å². The molecule has 0 spiro atoms. The zero-order valence-corrected chi connectivity index (χ0v) is 15.0. The number of nitrogens with one attached hydrogen (secondary N) is 1. The molecule has 0 atom stereocenters. The first-order valence-corrected chi connectivity index (χ1v) is 7.87. The van der Waals surface area contributed by atoms with Crippen LogP contribution in [0.15, 0.2) is 28.7 Å². The van der Waals surface area contributed by atoms with Crippen molar-refractivity contribution in [3.05, 3.63) is 56.8 Å². The van der Waals surface area contributed by atoms with Crippen LogP contribution >= 0.6 is 15.9 Å². The molecule has 0 saturated heterocycles. The maximum Gasteiger partial charge on any atom is 0.355 e. The topological polar surface area (TPSA) is 85.5 Å². The van der Waals surface area contributed by atoms with Crippen molar-refractivity contribution in [1.29, 1.82) is 0 Å². The molecule has 0 unspecified atom stereocenters. The van der Waals surface area contributed by atoms with E-state index < -0.39 is 11.9 Å². The molecule has 0 radical (unpaired) electrons. The van der Waals surface area contributed by atoms with E-state index in [0.29, 0.717) is 22.4 Å². The summed E-state index contributed by atoms with van der Waals surface area (Å²) in [6.07, 6.45) is 0. The third kappa shape index (κ3) is 3.73. The minimum atomic E-state index is -0.700. The average molecular weight is 394 g/mol. The highest BCUT2D eigenvalue weighted by molar-refractivity contribution is 9.10. The molecule has 0 aliphatic carbocycles. The Labute approximate surface area is 147 Å². The Morgan fingerprint density at radius 1 is 1.17 bits per heavy atom. The number of ketones is 1. The van der Waals surface area contributed by atoms with Crippen molar-refractivity contribution in [2.24, 2.45) is 0 Å². The smallest absolute Gasteiger partial charge is 0.355 e. The normalized spacial score (nSPS) is 10.3. The van der Waals surface area contributed by atoms with Gasteiger partial charge in [0.1, 0.15) is 5.69 Å². The quantitative estimate of drug-likeness (QED) is 0.622. The summed E-state index contributed by atoms with van der Waals surface area (Å²) >= 11 is 3.28. The number of methoxy groups -OCH3 is 1. The highest BCUT2D eigenvalue weighted by atomic mass is 79.9. The Balaban J connectivity index is 2.11. The monoisotopic (exact) mass is 393 g/mol. The number of aryl methyl sites for hydroxylation is 1. The van der Waals surface area contributed by atoms with Gasteiger partial charge in [0, 0.05) is 15.7 Å². The first-order valence-electron chi connectivity index (χ1n) is 7.08. The van der Waals surface area contributed by atoms with Gasteiger partial charge in [0.15, 0.2) is 12.4 Å². The molecule has 2 aromatic rings. The summed E-state index contributed by atoms with van der Waals surface area (Å²) < 4.78 is 10.5. The molecule has 7 heteroatoms. The Bertz CT molecular complexity index is 809. The number of halogens is 1. The van der Waals surface area contributed by atoms with Crippen LogP contribution in [-0.4, -0.2) is 36.4 Å². The summed E-state index contributed by atoms with van der Waals surface area (Å²) in [5.41, 5.74) is 1.80. The van der Waals surface area contributed by atoms with Crippen LogP contribution in [0.5, 0.6) is 0 Å². The highest BCUT2D eigenvalue weighted by Gasteiger charge is 2.23. The van der Waals surface area contributed by atoms with E-state index in [2.05, 4.69) is 25.7 Å². The van der Waals surface area contributed by atoms with Gasteiger partial charge in [0.2, 0.25) is 0 Å². The second-order valence-electron chi connectivity index (χ2n) is 5.13. The summed E-state index contributed by atoms with van der Waals surface area (Å²) in [7, 11) is 1.27. The fourth-order valence-corrected chi connectivity index (χ4v) is 2.71. The third-order valence-electron chi connectivity index (χ3n) is 3.51. The minimum Gasteiger partial charge on any atom is -0.465 e. The van der Waals surface area contributed by atoms with E-state index in [4.69, 9.17) is 4.74 Å². The first-order chi connectivity index (χ1) is 11.3. The van der Waals surface area contributed by atoms with Crippen LogP contribution in [-0.2, 0) is 9.47 Å². The molecule has 6 nitrogen and oxygen atoms in total. The highest BCUT2D eigenvalue weighted by Crippen LogP contribution is 2.20. The van der Waals surface area contributed by atoms with Crippen molar-refractivity contribution in [3.8, 4) is 0 Å². The first kappa shape index (κ1) is 17.9. The van der Waals surface area contributed by atoms with Crippen molar-refractivity contribution in [2.75, 3.05) is 13.7 Å². The molecule has 0 aliphatic rings. The number of ether oxygens (including phenoxy) is 2. The zero-order chi connectivity index (χ0) is 17.9. The molecule has 0 bridgehead atoms. The summed E-state index contributed by atoms with van der Waals surface area (Å²) in [6, 6.07) is 6.80. The van der Waals surface area contributed by atoms with E-state index in [1.807, 2.05) is 0 Å². The van der Waals surface area contributed by atoms with Gasteiger partial charge in [-0.05, 0) is 31.5 Å². The number of carbonyl (C=O) groups excluding carboxylic acids is 3. The van der Waals surface area contributed by atoms with Gasteiger partial charge in [-0.3, -0.25) is 4.79 Å². The van der Waals surface area contributed by atoms with Crippen molar-refractivity contribution in [2.45, 2.75) is 13.8 Å². The van der Waals surface area contributed by atoms with Gasteiger partial charge in [-0.15, -0.1) is 0 Å². The number of esters is 2. The standard InChI is InChI=1S/C17H16BrNO5/c1-9-14(16(21)23-3)10(2)19-15(9)17(22)24-8-13(20)11-5-4-6-12(18)7-11/h4-7,19H,8H2,1-3H3. The molecule has 24 heavy (non-hydrogen) atoms. The van der Waals surface area contributed by atoms with Crippen molar-refractivity contribution in [1.82, 2.24) is 4.98 Å². The van der Waals surface area contributed by atoms with Crippen LogP contribution in [0.2, 0.25) is 0 Å². The van der Waals surface area contributed by atoms with E-state index in [-0.39, 0.29) is 18.1 Å². The number of carbonyl (C=O) groups is 3. The second kappa shape index (κ2) is 7.44. The lowest BCUT2D eigenvalue weighted by molar-refractivity contribution is 0.0468. The number of rotatable bonds is 5. The summed E-state index contributed by atoms with van der Waals surface area (Å²) in [6.45, 7) is 2.88. The second-order valence-corrected chi connectivity index (χ2v) is 6.04. The average Bonchev–Trinajstić information content (AvgIpc) is 2.86. The lowest BCUT2D eigenvalue weighted by atomic mass is 10.1. The Kier molecular flexibility index (Phi) is 5.56. The Hall–Kier alpha value is -2.41. The predicted molar refractivity (Wildman–Crippen MR) is 90.4 cm³/mol. The number of aromatic nitrogens is 1. The predicted octanol–water partition coefficient (Wildman–Crippen LogP) is 3.22. The summed E-state index contributed by atoms with van der Waals surface area (Å²) in [5.74, 6) is -1.56. The molecule has 1 aromatic carbocycles. The van der Waals surface area contributed by atoms with Crippen LogP contribution in [0.25, 0.3) is 0 Å². The molecule has 1 heterocycles.